The zero-order valence-electron chi connectivity index (χ0n) is 9.70. The number of carbonyl (C=O) groups excluding carboxylic acids is 1. The Morgan fingerprint density at radius 3 is 2.39 bits per heavy atom. The van der Waals surface area contributed by atoms with Crippen LogP contribution in [0.5, 0.6) is 5.75 Å². The van der Waals surface area contributed by atoms with E-state index < -0.39 is 5.97 Å². The highest BCUT2D eigenvalue weighted by Gasteiger charge is 2.15. The quantitative estimate of drug-likeness (QED) is 0.815. The number of halogens is 2. The summed E-state index contributed by atoms with van der Waals surface area (Å²) in [6, 6.07) is 2.90. The highest BCUT2D eigenvalue weighted by atomic mass is 35.5. The predicted octanol–water partition coefficient (Wildman–Crippen LogP) is 3.44. The molecule has 0 spiro atoms. The lowest BCUT2D eigenvalue weighted by Gasteiger charge is -2.09. The maximum absolute atomic E-state index is 11.9. The normalized spacial score (nSPS) is 10.2. The summed E-state index contributed by atoms with van der Waals surface area (Å²) in [5, 5.41) is 9.07. The van der Waals surface area contributed by atoms with Crippen molar-refractivity contribution in [1.29, 1.82) is 0 Å². The number of benzene rings is 1. The Hall–Kier alpha value is -1.26. The fraction of sp³-hybridized carbons (Fsp3) is 0.333. The van der Waals surface area contributed by atoms with Gasteiger partial charge >= 0.3 is 5.97 Å². The van der Waals surface area contributed by atoms with Crippen molar-refractivity contribution < 1.29 is 19.4 Å². The first kappa shape index (κ1) is 14.8. The zero-order chi connectivity index (χ0) is 13.7. The van der Waals surface area contributed by atoms with E-state index in [0.717, 1.165) is 0 Å². The van der Waals surface area contributed by atoms with E-state index in [-0.39, 0.29) is 30.1 Å². The third-order valence-electron chi connectivity index (χ3n) is 2.34. The predicted molar refractivity (Wildman–Crippen MR) is 68.8 cm³/mol. The lowest BCUT2D eigenvalue weighted by Crippen LogP contribution is -2.04. The van der Waals surface area contributed by atoms with E-state index in [0.29, 0.717) is 16.3 Å². The summed E-state index contributed by atoms with van der Waals surface area (Å²) in [5.41, 5.74) is 0.317. The summed E-state index contributed by atoms with van der Waals surface area (Å²) in [7, 11) is 1.42. The average molecular weight is 291 g/mol. The van der Waals surface area contributed by atoms with Crippen LogP contribution in [0.2, 0.25) is 10.0 Å². The van der Waals surface area contributed by atoms with Crippen molar-refractivity contribution in [2.45, 2.75) is 19.3 Å². The molecule has 6 heteroatoms. The molecule has 1 aromatic carbocycles. The Kier molecular flexibility index (Phi) is 5.44. The van der Waals surface area contributed by atoms with E-state index in [1.807, 2.05) is 0 Å². The average Bonchev–Trinajstić information content (AvgIpc) is 2.31. The Labute approximate surface area is 114 Å². The maximum atomic E-state index is 11.9. The first-order chi connectivity index (χ1) is 8.45. The van der Waals surface area contributed by atoms with Crippen molar-refractivity contribution in [2.75, 3.05) is 7.11 Å². The molecule has 0 aromatic heterocycles. The van der Waals surface area contributed by atoms with Gasteiger partial charge in [-0.05, 0) is 12.5 Å². The molecule has 0 radical (unpaired) electrons. The maximum Gasteiger partial charge on any atom is 0.303 e. The molecule has 0 aliphatic rings. The van der Waals surface area contributed by atoms with Gasteiger partial charge in [0.15, 0.2) is 5.78 Å². The van der Waals surface area contributed by atoms with E-state index in [1.165, 1.54) is 19.2 Å². The van der Waals surface area contributed by atoms with Crippen molar-refractivity contribution in [1.82, 2.24) is 0 Å². The first-order valence-electron chi connectivity index (χ1n) is 5.23. The third kappa shape index (κ3) is 3.89. The molecular formula is C12H12Cl2O4. The third-order valence-corrected chi connectivity index (χ3v) is 3.06. The van der Waals surface area contributed by atoms with Crippen LogP contribution in [0.3, 0.4) is 0 Å². The van der Waals surface area contributed by atoms with Crippen LogP contribution in [0.25, 0.3) is 0 Å². The minimum atomic E-state index is -0.927. The van der Waals surface area contributed by atoms with Gasteiger partial charge in [-0.2, -0.15) is 0 Å². The van der Waals surface area contributed by atoms with Crippen molar-refractivity contribution in [3.05, 3.63) is 27.7 Å². The molecule has 0 atom stereocenters. The number of rotatable bonds is 6. The number of hydrogen-bond donors (Lipinski definition) is 1. The molecule has 0 unspecified atom stereocenters. The van der Waals surface area contributed by atoms with Gasteiger partial charge in [0.2, 0.25) is 0 Å². The van der Waals surface area contributed by atoms with E-state index in [4.69, 9.17) is 33.0 Å². The van der Waals surface area contributed by atoms with Crippen LogP contribution in [-0.2, 0) is 4.79 Å². The van der Waals surface area contributed by atoms with Crippen molar-refractivity contribution in [2.24, 2.45) is 0 Å². The first-order valence-corrected chi connectivity index (χ1v) is 5.99. The number of ketones is 1. The van der Waals surface area contributed by atoms with Crippen LogP contribution in [0.1, 0.15) is 29.6 Å². The van der Waals surface area contributed by atoms with Gasteiger partial charge in [0.05, 0.1) is 22.7 Å². The molecule has 0 heterocycles. The van der Waals surface area contributed by atoms with E-state index >= 15 is 0 Å². The van der Waals surface area contributed by atoms with Crippen LogP contribution < -0.4 is 4.74 Å². The van der Waals surface area contributed by atoms with E-state index in [2.05, 4.69) is 0 Å². The summed E-state index contributed by atoms with van der Waals surface area (Å²) >= 11 is 11.7. The highest BCUT2D eigenvalue weighted by molar-refractivity contribution is 6.42. The van der Waals surface area contributed by atoms with E-state index in [1.54, 1.807) is 0 Å². The number of ether oxygens (including phenoxy) is 1. The fourth-order valence-corrected chi connectivity index (χ4v) is 1.77. The molecule has 0 saturated carbocycles. The van der Waals surface area contributed by atoms with Crippen LogP contribution >= 0.6 is 23.2 Å². The molecule has 0 aliphatic heterocycles. The molecule has 1 rings (SSSR count). The van der Waals surface area contributed by atoms with Gasteiger partial charge in [-0.15, -0.1) is 0 Å². The molecule has 98 valence electrons. The van der Waals surface area contributed by atoms with Gasteiger partial charge in [0, 0.05) is 18.9 Å². The second-order valence-corrected chi connectivity index (χ2v) is 4.45. The zero-order valence-corrected chi connectivity index (χ0v) is 11.2. The minimum Gasteiger partial charge on any atom is -0.496 e. The number of carbonyl (C=O) groups is 2. The number of carboxylic acids is 1. The van der Waals surface area contributed by atoms with Gasteiger partial charge in [0.25, 0.3) is 0 Å². The van der Waals surface area contributed by atoms with Crippen LogP contribution in [-0.4, -0.2) is 24.0 Å². The molecule has 0 amide bonds. The van der Waals surface area contributed by atoms with Gasteiger partial charge < -0.3 is 9.84 Å². The molecule has 0 saturated heterocycles. The number of Topliss-reactive ketones (excluding diaryl/α,β-unsaturated/α-hetero) is 1. The monoisotopic (exact) mass is 290 g/mol. The highest BCUT2D eigenvalue weighted by Crippen LogP contribution is 2.31. The summed E-state index contributed by atoms with van der Waals surface area (Å²) in [4.78, 5) is 22.3. The smallest absolute Gasteiger partial charge is 0.303 e. The van der Waals surface area contributed by atoms with Crippen LogP contribution in [0.4, 0.5) is 0 Å². The topological polar surface area (TPSA) is 63.6 Å². The van der Waals surface area contributed by atoms with Crippen molar-refractivity contribution >= 4 is 35.0 Å². The van der Waals surface area contributed by atoms with E-state index in [9.17, 15) is 9.59 Å². The van der Waals surface area contributed by atoms with Gasteiger partial charge in [-0.25, -0.2) is 0 Å². The number of methoxy groups -OCH3 is 1. The minimum absolute atomic E-state index is 0.0463. The summed E-state index contributed by atoms with van der Waals surface area (Å²) in [6.07, 6.45) is 0.355. The van der Waals surface area contributed by atoms with Gasteiger partial charge in [-0.3, -0.25) is 9.59 Å². The number of carboxylic acid groups (broad SMARTS) is 1. The second kappa shape index (κ2) is 6.61. The lowest BCUT2D eigenvalue weighted by atomic mass is 10.0. The molecule has 1 N–H and O–H groups in total. The summed E-state index contributed by atoms with van der Waals surface area (Å²) in [5.74, 6) is -0.805. The van der Waals surface area contributed by atoms with Crippen molar-refractivity contribution in [3.63, 3.8) is 0 Å². The summed E-state index contributed by atoms with van der Waals surface area (Å²) in [6.45, 7) is 0. The lowest BCUT2D eigenvalue weighted by molar-refractivity contribution is -0.137. The molecule has 0 bridgehead atoms. The largest absolute Gasteiger partial charge is 0.496 e. The molecule has 0 aliphatic carbocycles. The Morgan fingerprint density at radius 2 is 1.83 bits per heavy atom. The SMILES string of the molecule is COc1cc(Cl)c(Cl)cc1C(=O)CCCC(=O)O. The molecule has 1 aromatic rings. The molecule has 0 fully saturated rings. The molecular weight excluding hydrogens is 279 g/mol. The number of aliphatic carboxylic acids is 1. The molecule has 4 nitrogen and oxygen atoms in total. The van der Waals surface area contributed by atoms with Crippen LogP contribution in [0, 0.1) is 0 Å². The fourth-order valence-electron chi connectivity index (χ4n) is 1.45. The Balaban J connectivity index is 2.84. The van der Waals surface area contributed by atoms with Crippen LogP contribution in [0.15, 0.2) is 12.1 Å². The second-order valence-electron chi connectivity index (χ2n) is 3.64. The van der Waals surface area contributed by atoms with Gasteiger partial charge in [0.1, 0.15) is 5.75 Å². The standard InChI is InChI=1S/C12H12Cl2O4/c1-18-11-6-9(14)8(13)5-7(11)10(15)3-2-4-12(16)17/h5-6H,2-4H2,1H3,(H,16,17). The Bertz CT molecular complexity index is 471. The molecule has 18 heavy (non-hydrogen) atoms. The summed E-state index contributed by atoms with van der Waals surface area (Å²) < 4.78 is 5.05. The Morgan fingerprint density at radius 1 is 1.22 bits per heavy atom. The number of hydrogen-bond acceptors (Lipinski definition) is 3. The van der Waals surface area contributed by atoms with Gasteiger partial charge in [-0.1, -0.05) is 23.2 Å². The van der Waals surface area contributed by atoms with Crippen molar-refractivity contribution in [3.8, 4) is 5.75 Å².